The topological polar surface area (TPSA) is 93.5 Å². The van der Waals surface area contributed by atoms with E-state index in [2.05, 4.69) is 10.4 Å². The highest BCUT2D eigenvalue weighted by atomic mass is 32.2. The zero-order chi connectivity index (χ0) is 17.9. The number of ether oxygens (including phenoxy) is 1. The summed E-state index contributed by atoms with van der Waals surface area (Å²) in [7, 11) is -1.33. The molecule has 0 radical (unpaired) electrons. The first kappa shape index (κ1) is 18.9. The highest BCUT2D eigenvalue weighted by Crippen LogP contribution is 2.14. The lowest BCUT2D eigenvalue weighted by Crippen LogP contribution is -2.49. The Kier molecular flexibility index (Phi) is 6.00. The molecule has 1 aromatic heterocycles. The Morgan fingerprint density at radius 1 is 1.42 bits per heavy atom. The van der Waals surface area contributed by atoms with Crippen LogP contribution in [0.5, 0.6) is 0 Å². The summed E-state index contributed by atoms with van der Waals surface area (Å²) in [6.07, 6.45) is 1.89. The van der Waals surface area contributed by atoms with E-state index < -0.39 is 10.0 Å². The number of amides is 1. The molecule has 0 unspecified atom stereocenters. The molecule has 1 aliphatic heterocycles. The third-order valence-corrected chi connectivity index (χ3v) is 5.63. The maximum absolute atomic E-state index is 12.0. The number of aromatic nitrogens is 2. The summed E-state index contributed by atoms with van der Waals surface area (Å²) < 4.78 is 31.9. The summed E-state index contributed by atoms with van der Waals surface area (Å²) in [4.78, 5) is 12.0. The van der Waals surface area contributed by atoms with E-state index in [9.17, 15) is 13.2 Å². The first-order valence-corrected chi connectivity index (χ1v) is 9.86. The zero-order valence-corrected chi connectivity index (χ0v) is 15.5. The number of morpholine rings is 1. The lowest BCUT2D eigenvalue weighted by Gasteiger charge is -2.31. The predicted molar refractivity (Wildman–Crippen MR) is 90.2 cm³/mol. The van der Waals surface area contributed by atoms with E-state index in [0.717, 1.165) is 17.0 Å². The monoisotopic (exact) mass is 358 g/mol. The Morgan fingerprint density at radius 2 is 2.12 bits per heavy atom. The van der Waals surface area contributed by atoms with Crippen LogP contribution in [0.4, 0.5) is 0 Å². The van der Waals surface area contributed by atoms with Crippen LogP contribution in [0, 0.1) is 13.8 Å². The Morgan fingerprint density at radius 3 is 2.71 bits per heavy atom. The van der Waals surface area contributed by atoms with Crippen molar-refractivity contribution in [3.8, 4) is 0 Å². The largest absolute Gasteiger partial charge is 0.374 e. The molecule has 1 saturated heterocycles. The quantitative estimate of drug-likeness (QED) is 0.757. The summed E-state index contributed by atoms with van der Waals surface area (Å²) in [5, 5.41) is 7.17. The van der Waals surface area contributed by atoms with Crippen LogP contribution in [0.25, 0.3) is 0 Å². The molecule has 0 aromatic carbocycles. The molecule has 1 fully saturated rings. The third kappa shape index (κ3) is 4.78. The molecule has 1 amide bonds. The van der Waals surface area contributed by atoms with Crippen molar-refractivity contribution in [3.05, 3.63) is 17.0 Å². The van der Waals surface area contributed by atoms with E-state index in [1.807, 2.05) is 25.6 Å². The summed E-state index contributed by atoms with van der Waals surface area (Å²) in [5.41, 5.74) is 3.12. The maximum Gasteiger partial charge on any atom is 0.220 e. The van der Waals surface area contributed by atoms with Gasteiger partial charge in [0.15, 0.2) is 0 Å². The van der Waals surface area contributed by atoms with E-state index in [4.69, 9.17) is 4.74 Å². The molecule has 2 rings (SSSR count). The average molecular weight is 358 g/mol. The van der Waals surface area contributed by atoms with Gasteiger partial charge in [-0.25, -0.2) is 8.42 Å². The molecule has 1 N–H and O–H groups in total. The van der Waals surface area contributed by atoms with Crippen LogP contribution < -0.4 is 5.32 Å². The Balaban J connectivity index is 1.79. The van der Waals surface area contributed by atoms with Crippen LogP contribution >= 0.6 is 0 Å². The first-order chi connectivity index (χ1) is 11.2. The second-order valence-electron chi connectivity index (χ2n) is 6.19. The van der Waals surface area contributed by atoms with Gasteiger partial charge in [0.25, 0.3) is 0 Å². The molecule has 0 saturated carbocycles. The van der Waals surface area contributed by atoms with Crippen molar-refractivity contribution in [3.63, 3.8) is 0 Å². The van der Waals surface area contributed by atoms with E-state index in [1.165, 1.54) is 10.6 Å². The molecule has 9 heteroatoms. The number of carbonyl (C=O) groups excluding carboxylic acids is 1. The Bertz CT molecular complexity index is 699. The minimum absolute atomic E-state index is 0.0715. The van der Waals surface area contributed by atoms with E-state index in [0.29, 0.717) is 32.5 Å². The Labute approximate surface area is 143 Å². The maximum atomic E-state index is 12.0. The number of rotatable bonds is 6. The molecular formula is C15H26N4O4S. The molecule has 0 aliphatic carbocycles. The number of nitrogens with zero attached hydrogens (tertiary/aromatic N) is 3. The van der Waals surface area contributed by atoms with Crippen molar-refractivity contribution in [1.29, 1.82) is 0 Å². The van der Waals surface area contributed by atoms with Crippen LogP contribution in [0.2, 0.25) is 0 Å². The lowest BCUT2D eigenvalue weighted by molar-refractivity contribution is -0.122. The van der Waals surface area contributed by atoms with Gasteiger partial charge in [-0.2, -0.15) is 9.40 Å². The van der Waals surface area contributed by atoms with Crippen molar-refractivity contribution >= 4 is 15.9 Å². The second-order valence-corrected chi connectivity index (χ2v) is 8.17. The van der Waals surface area contributed by atoms with Gasteiger partial charge in [0.1, 0.15) is 0 Å². The average Bonchev–Trinajstić information content (AvgIpc) is 2.75. The van der Waals surface area contributed by atoms with Crippen molar-refractivity contribution in [2.24, 2.45) is 7.05 Å². The number of aryl methyl sites for hydroxylation is 2. The molecule has 1 aliphatic rings. The molecule has 8 nitrogen and oxygen atoms in total. The highest BCUT2D eigenvalue weighted by molar-refractivity contribution is 7.88. The van der Waals surface area contributed by atoms with Crippen LogP contribution in [-0.2, 0) is 33.0 Å². The highest BCUT2D eigenvalue weighted by Gasteiger charge is 2.26. The van der Waals surface area contributed by atoms with E-state index >= 15 is 0 Å². The molecule has 136 valence electrons. The van der Waals surface area contributed by atoms with Gasteiger partial charge in [-0.05, 0) is 25.8 Å². The van der Waals surface area contributed by atoms with Gasteiger partial charge in [0.05, 0.1) is 24.7 Å². The minimum atomic E-state index is -3.22. The van der Waals surface area contributed by atoms with Gasteiger partial charge in [0, 0.05) is 38.8 Å². The van der Waals surface area contributed by atoms with Gasteiger partial charge in [0.2, 0.25) is 15.9 Å². The van der Waals surface area contributed by atoms with Crippen LogP contribution in [0.1, 0.15) is 23.4 Å². The fourth-order valence-electron chi connectivity index (χ4n) is 2.85. The van der Waals surface area contributed by atoms with Gasteiger partial charge >= 0.3 is 0 Å². The smallest absolute Gasteiger partial charge is 0.220 e. The summed E-state index contributed by atoms with van der Waals surface area (Å²) >= 11 is 0. The number of sulfonamides is 1. The predicted octanol–water partition coefficient (Wildman–Crippen LogP) is -0.254. The van der Waals surface area contributed by atoms with Gasteiger partial charge < -0.3 is 10.1 Å². The number of hydrogen-bond donors (Lipinski definition) is 1. The normalized spacial score (nSPS) is 19.4. The number of nitrogens with one attached hydrogen (secondary N) is 1. The van der Waals surface area contributed by atoms with Crippen LogP contribution in [-0.4, -0.2) is 67.0 Å². The minimum Gasteiger partial charge on any atom is -0.374 e. The number of carbonyl (C=O) groups is 1. The lowest BCUT2D eigenvalue weighted by atomic mass is 10.1. The fourth-order valence-corrected chi connectivity index (χ4v) is 3.69. The standard InChI is InChI=1S/C15H26N4O4S/c1-11-14(12(2)18(3)17-11)5-6-15(20)16-9-13-10-19(7-8-23-13)24(4,21)22/h13H,5-10H2,1-4H3,(H,16,20)/t13-/m1/s1. The van der Waals surface area contributed by atoms with Crippen LogP contribution in [0.15, 0.2) is 0 Å². The van der Waals surface area contributed by atoms with Gasteiger partial charge in [-0.15, -0.1) is 0 Å². The molecule has 2 heterocycles. The van der Waals surface area contributed by atoms with Crippen molar-refractivity contribution in [1.82, 2.24) is 19.4 Å². The zero-order valence-electron chi connectivity index (χ0n) is 14.7. The number of hydrogen-bond acceptors (Lipinski definition) is 5. The fraction of sp³-hybridized carbons (Fsp3) is 0.733. The molecule has 1 aromatic rings. The van der Waals surface area contributed by atoms with Crippen molar-refractivity contribution in [2.75, 3.05) is 32.5 Å². The summed E-state index contributed by atoms with van der Waals surface area (Å²) in [6, 6.07) is 0. The molecular weight excluding hydrogens is 332 g/mol. The summed E-state index contributed by atoms with van der Waals surface area (Å²) in [5.74, 6) is -0.0715. The third-order valence-electron chi connectivity index (χ3n) is 4.36. The van der Waals surface area contributed by atoms with E-state index in [1.54, 1.807) is 0 Å². The second kappa shape index (κ2) is 7.62. The molecule has 1 atom stereocenters. The van der Waals surface area contributed by atoms with Crippen molar-refractivity contribution in [2.45, 2.75) is 32.8 Å². The molecule has 0 bridgehead atoms. The Hall–Kier alpha value is -1.45. The first-order valence-electron chi connectivity index (χ1n) is 8.01. The molecule has 0 spiro atoms. The summed E-state index contributed by atoms with van der Waals surface area (Å²) in [6.45, 7) is 5.24. The SMILES string of the molecule is Cc1nn(C)c(C)c1CCC(=O)NC[C@@H]1CN(S(C)(=O)=O)CCO1. The van der Waals surface area contributed by atoms with Gasteiger partial charge in [-0.3, -0.25) is 9.48 Å². The molecule has 24 heavy (non-hydrogen) atoms. The van der Waals surface area contributed by atoms with Gasteiger partial charge in [-0.1, -0.05) is 0 Å². The van der Waals surface area contributed by atoms with E-state index in [-0.39, 0.29) is 18.6 Å². The van der Waals surface area contributed by atoms with Crippen molar-refractivity contribution < 1.29 is 17.9 Å². The van der Waals surface area contributed by atoms with Crippen LogP contribution in [0.3, 0.4) is 0 Å².